The van der Waals surface area contributed by atoms with E-state index in [2.05, 4.69) is 5.32 Å². The normalized spacial score (nSPS) is 14.6. The van der Waals surface area contributed by atoms with Gasteiger partial charge in [-0.15, -0.1) is 0 Å². The minimum atomic E-state index is -4.89. The van der Waals surface area contributed by atoms with E-state index >= 15 is 0 Å². The first-order valence-corrected chi connectivity index (χ1v) is 3.93. The summed E-state index contributed by atoms with van der Waals surface area (Å²) in [5, 5.41) is 2.42. The van der Waals surface area contributed by atoms with Crippen molar-refractivity contribution in [2.45, 2.75) is 6.18 Å². The summed E-state index contributed by atoms with van der Waals surface area (Å²) in [7, 11) is 0. The predicted octanol–water partition coefficient (Wildman–Crippen LogP) is 2.89. The molecule has 0 aromatic heterocycles. The number of rotatable bonds is 1. The highest BCUT2D eigenvalue weighted by molar-refractivity contribution is 5.75. The second-order valence-electron chi connectivity index (χ2n) is 3.02. The molecule has 1 heterocycles. The van der Waals surface area contributed by atoms with Gasteiger partial charge in [0.1, 0.15) is 11.6 Å². The third kappa shape index (κ3) is 1.79. The third-order valence-electron chi connectivity index (χ3n) is 1.92. The molecule has 0 radical (unpaired) electrons. The topological polar surface area (TPSA) is 21.9 Å². The molecular weight excluding hydrogens is 217 g/mol. The van der Waals surface area contributed by atoms with Crippen molar-refractivity contribution in [3.63, 3.8) is 0 Å². The van der Waals surface area contributed by atoms with Gasteiger partial charge in [-0.3, -0.25) is 0 Å². The summed E-state index contributed by atoms with van der Waals surface area (Å²) in [4.78, 5) is 0. The van der Waals surface area contributed by atoms with Gasteiger partial charge in [0.05, 0.1) is 11.3 Å². The first kappa shape index (κ1) is 9.95. The SMILES string of the molecule is Fc1cc(C2=CN2)c(F)c(C(F)(F)F)c1. The largest absolute Gasteiger partial charge is 0.419 e. The molecule has 15 heavy (non-hydrogen) atoms. The van der Waals surface area contributed by atoms with E-state index in [4.69, 9.17) is 0 Å². The fourth-order valence-electron chi connectivity index (χ4n) is 1.18. The van der Waals surface area contributed by atoms with Crippen molar-refractivity contribution in [1.82, 2.24) is 5.32 Å². The average molecular weight is 221 g/mol. The molecule has 0 saturated heterocycles. The zero-order chi connectivity index (χ0) is 11.2. The van der Waals surface area contributed by atoms with Crippen LogP contribution in [0.5, 0.6) is 0 Å². The molecule has 1 aliphatic rings. The molecule has 1 N–H and O–H groups in total. The zero-order valence-corrected chi connectivity index (χ0v) is 7.12. The Hall–Kier alpha value is -1.59. The maximum Gasteiger partial charge on any atom is 0.419 e. The van der Waals surface area contributed by atoms with Gasteiger partial charge in [0.15, 0.2) is 0 Å². The van der Waals surface area contributed by atoms with Crippen LogP contribution in [0.25, 0.3) is 5.70 Å². The number of nitrogens with one attached hydrogen (secondary N) is 1. The molecule has 0 aliphatic carbocycles. The first-order chi connectivity index (χ1) is 6.89. The van der Waals surface area contributed by atoms with E-state index in [9.17, 15) is 22.0 Å². The van der Waals surface area contributed by atoms with Crippen LogP contribution in [-0.2, 0) is 6.18 Å². The van der Waals surface area contributed by atoms with Crippen molar-refractivity contribution in [1.29, 1.82) is 0 Å². The Morgan fingerprint density at radius 1 is 1.07 bits per heavy atom. The fourth-order valence-corrected chi connectivity index (χ4v) is 1.18. The number of alkyl halides is 3. The standard InChI is InChI=1S/C9H4F5N/c10-4-1-5(7-3-15-7)8(11)6(2-4)9(12,13)14/h1-3,15H. The summed E-state index contributed by atoms with van der Waals surface area (Å²) in [6, 6.07) is 0.859. The van der Waals surface area contributed by atoms with Gasteiger partial charge < -0.3 is 5.32 Å². The lowest BCUT2D eigenvalue weighted by Crippen LogP contribution is -2.10. The number of halogens is 5. The van der Waals surface area contributed by atoms with Crippen LogP contribution in [0.1, 0.15) is 11.1 Å². The summed E-state index contributed by atoms with van der Waals surface area (Å²) < 4.78 is 62.8. The van der Waals surface area contributed by atoms with E-state index in [-0.39, 0.29) is 11.8 Å². The summed E-state index contributed by atoms with van der Waals surface area (Å²) >= 11 is 0. The lowest BCUT2D eigenvalue weighted by molar-refractivity contribution is -0.140. The molecule has 1 aromatic rings. The maximum atomic E-state index is 13.3. The van der Waals surface area contributed by atoms with Crippen LogP contribution in [0, 0.1) is 11.6 Å². The Labute approximate surface area is 81.2 Å². The Bertz CT molecular complexity index is 447. The van der Waals surface area contributed by atoms with Gasteiger partial charge in [-0.25, -0.2) is 8.78 Å². The maximum absolute atomic E-state index is 13.3. The molecule has 1 aliphatic heterocycles. The lowest BCUT2D eigenvalue weighted by Gasteiger charge is -2.09. The number of hydrogen-bond donors (Lipinski definition) is 1. The lowest BCUT2D eigenvalue weighted by atomic mass is 10.1. The van der Waals surface area contributed by atoms with E-state index in [1.165, 1.54) is 6.20 Å². The van der Waals surface area contributed by atoms with Crippen molar-refractivity contribution in [3.8, 4) is 0 Å². The van der Waals surface area contributed by atoms with Crippen molar-refractivity contribution in [3.05, 3.63) is 41.1 Å². The van der Waals surface area contributed by atoms with Gasteiger partial charge >= 0.3 is 6.18 Å². The predicted molar refractivity (Wildman–Crippen MR) is 42.5 cm³/mol. The number of hydrogen-bond acceptors (Lipinski definition) is 1. The van der Waals surface area contributed by atoms with Gasteiger partial charge in [-0.05, 0) is 12.1 Å². The molecule has 1 nitrogen and oxygen atoms in total. The Morgan fingerprint density at radius 3 is 2.13 bits per heavy atom. The molecule has 0 spiro atoms. The Balaban J connectivity index is 2.60. The monoisotopic (exact) mass is 221 g/mol. The highest BCUT2D eigenvalue weighted by Gasteiger charge is 2.36. The molecule has 0 fully saturated rings. The molecule has 80 valence electrons. The van der Waals surface area contributed by atoms with Gasteiger partial charge in [0, 0.05) is 11.8 Å². The first-order valence-electron chi connectivity index (χ1n) is 3.93. The highest BCUT2D eigenvalue weighted by atomic mass is 19.4. The van der Waals surface area contributed by atoms with Gasteiger partial charge in [-0.1, -0.05) is 0 Å². The second kappa shape index (κ2) is 2.95. The van der Waals surface area contributed by atoms with Crippen LogP contribution in [0.2, 0.25) is 0 Å². The van der Waals surface area contributed by atoms with Gasteiger partial charge in [0.2, 0.25) is 0 Å². The Morgan fingerprint density at radius 2 is 1.67 bits per heavy atom. The summed E-state index contributed by atoms with van der Waals surface area (Å²) in [6.07, 6.45) is -3.60. The fraction of sp³-hybridized carbons (Fsp3) is 0.111. The number of benzene rings is 1. The minimum Gasteiger partial charge on any atom is -0.358 e. The molecule has 0 bridgehead atoms. The smallest absolute Gasteiger partial charge is 0.358 e. The summed E-state index contributed by atoms with van der Waals surface area (Å²) in [6.45, 7) is 0. The molecule has 0 amide bonds. The zero-order valence-electron chi connectivity index (χ0n) is 7.12. The van der Waals surface area contributed by atoms with E-state index in [0.29, 0.717) is 0 Å². The van der Waals surface area contributed by atoms with Crippen LogP contribution < -0.4 is 5.32 Å². The van der Waals surface area contributed by atoms with Gasteiger partial charge in [-0.2, -0.15) is 13.2 Å². The van der Waals surface area contributed by atoms with Crippen LogP contribution >= 0.6 is 0 Å². The molecular formula is C9H4F5N. The van der Waals surface area contributed by atoms with E-state index in [1.54, 1.807) is 0 Å². The molecule has 0 unspecified atom stereocenters. The van der Waals surface area contributed by atoms with Crippen molar-refractivity contribution in [2.75, 3.05) is 0 Å². The van der Waals surface area contributed by atoms with Crippen LogP contribution in [0.3, 0.4) is 0 Å². The molecule has 2 rings (SSSR count). The van der Waals surface area contributed by atoms with E-state index in [1.807, 2.05) is 0 Å². The molecule has 0 saturated carbocycles. The average Bonchev–Trinajstić information content (AvgIpc) is 2.89. The van der Waals surface area contributed by atoms with Crippen LogP contribution in [-0.4, -0.2) is 0 Å². The van der Waals surface area contributed by atoms with Crippen LogP contribution in [0.15, 0.2) is 18.3 Å². The van der Waals surface area contributed by atoms with E-state index in [0.717, 1.165) is 6.07 Å². The summed E-state index contributed by atoms with van der Waals surface area (Å²) in [5.74, 6) is -2.58. The molecule has 1 aromatic carbocycles. The van der Waals surface area contributed by atoms with Crippen molar-refractivity contribution < 1.29 is 22.0 Å². The second-order valence-corrected chi connectivity index (χ2v) is 3.02. The minimum absolute atomic E-state index is 0.141. The van der Waals surface area contributed by atoms with Crippen molar-refractivity contribution in [2.24, 2.45) is 0 Å². The Kier molecular flexibility index (Phi) is 1.95. The highest BCUT2D eigenvalue weighted by Crippen LogP contribution is 2.35. The quantitative estimate of drug-likeness (QED) is 0.723. The molecule has 0 atom stereocenters. The third-order valence-corrected chi connectivity index (χ3v) is 1.92. The summed E-state index contributed by atoms with van der Waals surface area (Å²) in [5.41, 5.74) is -1.83. The van der Waals surface area contributed by atoms with Crippen LogP contribution in [0.4, 0.5) is 22.0 Å². The van der Waals surface area contributed by atoms with E-state index < -0.39 is 28.9 Å². The van der Waals surface area contributed by atoms with Gasteiger partial charge in [0.25, 0.3) is 0 Å². The van der Waals surface area contributed by atoms with Crippen molar-refractivity contribution >= 4 is 5.70 Å². The molecule has 6 heteroatoms.